The lowest BCUT2D eigenvalue weighted by Gasteiger charge is -2.26. The minimum Gasteiger partial charge on any atom is -0.494 e. The van der Waals surface area contributed by atoms with E-state index >= 15 is 0 Å². The van der Waals surface area contributed by atoms with Gasteiger partial charge in [0.1, 0.15) is 10.9 Å². The first-order valence-electron chi connectivity index (χ1n) is 11.3. The predicted molar refractivity (Wildman–Crippen MR) is 132 cm³/mol. The van der Waals surface area contributed by atoms with E-state index in [9.17, 15) is 9.59 Å². The number of pyridine rings is 2. The molecule has 2 aliphatic rings. The number of thiazole rings is 1. The number of methoxy groups -OCH3 is 1. The minimum absolute atomic E-state index is 0.0805. The molecular formula is C24H24ClN5O4S. The van der Waals surface area contributed by atoms with Crippen LogP contribution >= 0.6 is 22.9 Å². The molecule has 0 radical (unpaired) electrons. The van der Waals surface area contributed by atoms with Crippen molar-refractivity contribution in [2.75, 3.05) is 25.6 Å². The number of amides is 2. The Morgan fingerprint density at radius 3 is 2.83 bits per heavy atom. The van der Waals surface area contributed by atoms with Crippen LogP contribution in [-0.2, 0) is 22.6 Å². The molecule has 2 amide bonds. The average Bonchev–Trinajstić information content (AvgIpc) is 3.42. The molecule has 11 heteroatoms. The highest BCUT2D eigenvalue weighted by Gasteiger charge is 2.33. The normalized spacial score (nSPS) is 17.2. The van der Waals surface area contributed by atoms with Crippen LogP contribution in [0.4, 0.5) is 5.13 Å². The Hall–Kier alpha value is -3.08. The van der Waals surface area contributed by atoms with Crippen LogP contribution in [0.5, 0.6) is 5.75 Å². The third kappa shape index (κ3) is 4.86. The number of ether oxygens (including phenoxy) is 2. The lowest BCUT2D eigenvalue weighted by Crippen LogP contribution is -2.36. The topological polar surface area (TPSA) is 107 Å². The predicted octanol–water partition coefficient (Wildman–Crippen LogP) is 4.09. The molecule has 0 saturated carbocycles. The lowest BCUT2D eigenvalue weighted by atomic mass is 10.0. The number of hydrogen-bond donors (Lipinski definition) is 1. The Kier molecular flexibility index (Phi) is 6.68. The summed E-state index contributed by atoms with van der Waals surface area (Å²) in [6, 6.07) is 3.47. The molecule has 1 saturated heterocycles. The first-order valence-corrected chi connectivity index (χ1v) is 12.5. The minimum atomic E-state index is -0.345. The molecule has 0 spiro atoms. The summed E-state index contributed by atoms with van der Waals surface area (Å²) in [7, 11) is 1.54. The number of carbonyl (C=O) groups is 2. The quantitative estimate of drug-likeness (QED) is 0.512. The molecule has 1 fully saturated rings. The Balaban J connectivity index is 1.34. The van der Waals surface area contributed by atoms with E-state index in [-0.39, 0.29) is 22.9 Å². The molecule has 35 heavy (non-hydrogen) atoms. The molecule has 1 N–H and O–H groups in total. The summed E-state index contributed by atoms with van der Waals surface area (Å²) in [5.74, 6) is 0.182. The zero-order valence-corrected chi connectivity index (χ0v) is 20.9. The SMILES string of the molecule is COc1cnc(Cl)cc1-c1cc(C)ncc1C(=O)Nc1nc2c(s1)CN(C(=O)[C@H]1CCCOC1)C2. The van der Waals surface area contributed by atoms with Crippen molar-refractivity contribution in [3.63, 3.8) is 0 Å². The van der Waals surface area contributed by atoms with Crippen LogP contribution in [0.3, 0.4) is 0 Å². The van der Waals surface area contributed by atoms with E-state index in [0.717, 1.165) is 35.7 Å². The van der Waals surface area contributed by atoms with Crippen LogP contribution in [0, 0.1) is 12.8 Å². The average molecular weight is 514 g/mol. The van der Waals surface area contributed by atoms with Crippen LogP contribution in [0.15, 0.2) is 24.5 Å². The van der Waals surface area contributed by atoms with Gasteiger partial charge in [0.25, 0.3) is 5.91 Å². The standard InChI is InChI=1S/C24H24ClN5O4S/c1-13-6-15(16-7-21(25)27-9-19(16)33-2)17(8-26-13)22(31)29-24-28-18-10-30(11-20(18)35-24)23(32)14-4-3-5-34-12-14/h6-9,14H,3-5,10-12H2,1-2H3,(H,28,29,31)/t14-/m0/s1. The highest BCUT2D eigenvalue weighted by molar-refractivity contribution is 7.16. The molecule has 3 aromatic heterocycles. The highest BCUT2D eigenvalue weighted by atomic mass is 35.5. The molecule has 9 nitrogen and oxygen atoms in total. The van der Waals surface area contributed by atoms with Crippen molar-refractivity contribution in [3.8, 4) is 16.9 Å². The van der Waals surface area contributed by atoms with Crippen LogP contribution in [0.1, 0.15) is 39.5 Å². The molecule has 0 bridgehead atoms. The maximum Gasteiger partial charge on any atom is 0.259 e. The number of hydrogen-bond acceptors (Lipinski definition) is 8. The third-order valence-corrected chi connectivity index (χ3v) is 7.33. The van der Waals surface area contributed by atoms with E-state index in [1.165, 1.54) is 30.8 Å². The summed E-state index contributed by atoms with van der Waals surface area (Å²) < 4.78 is 10.9. The van der Waals surface area contributed by atoms with Gasteiger partial charge in [-0.1, -0.05) is 22.9 Å². The van der Waals surface area contributed by atoms with Gasteiger partial charge in [0.2, 0.25) is 5.91 Å². The van der Waals surface area contributed by atoms with Crippen molar-refractivity contribution in [1.29, 1.82) is 0 Å². The van der Waals surface area contributed by atoms with E-state index in [4.69, 9.17) is 21.1 Å². The van der Waals surface area contributed by atoms with Gasteiger partial charge in [-0.05, 0) is 31.9 Å². The Bertz CT molecular complexity index is 1270. The first kappa shape index (κ1) is 23.7. The summed E-state index contributed by atoms with van der Waals surface area (Å²) in [4.78, 5) is 41.8. The second kappa shape index (κ2) is 9.88. The van der Waals surface area contributed by atoms with Gasteiger partial charge in [-0.3, -0.25) is 19.9 Å². The maximum absolute atomic E-state index is 13.3. The molecule has 0 aliphatic carbocycles. The number of aromatic nitrogens is 3. The van der Waals surface area contributed by atoms with Gasteiger partial charge in [0.05, 0.1) is 55.1 Å². The van der Waals surface area contributed by atoms with Gasteiger partial charge in [-0.25, -0.2) is 9.97 Å². The molecule has 2 aliphatic heterocycles. The number of nitrogens with zero attached hydrogens (tertiary/aromatic N) is 4. The van der Waals surface area contributed by atoms with E-state index in [0.29, 0.717) is 47.3 Å². The molecular weight excluding hydrogens is 490 g/mol. The van der Waals surface area contributed by atoms with Crippen molar-refractivity contribution in [2.45, 2.75) is 32.9 Å². The number of rotatable bonds is 5. The number of anilines is 1. The Labute approximate surface area is 211 Å². The number of aryl methyl sites for hydroxylation is 1. The number of nitrogens with one attached hydrogen (secondary N) is 1. The summed E-state index contributed by atoms with van der Waals surface area (Å²) in [6.45, 7) is 4.00. The molecule has 1 atom stereocenters. The fourth-order valence-electron chi connectivity index (χ4n) is 4.36. The Morgan fingerprint density at radius 1 is 1.23 bits per heavy atom. The fraction of sp³-hybridized carbons (Fsp3) is 0.375. The fourth-order valence-corrected chi connectivity index (χ4v) is 5.50. The van der Waals surface area contributed by atoms with Crippen molar-refractivity contribution in [2.24, 2.45) is 5.92 Å². The molecule has 5 rings (SSSR count). The smallest absolute Gasteiger partial charge is 0.259 e. The van der Waals surface area contributed by atoms with Gasteiger partial charge < -0.3 is 14.4 Å². The first-order chi connectivity index (χ1) is 16.9. The number of halogens is 1. The van der Waals surface area contributed by atoms with Gasteiger partial charge in [0.15, 0.2) is 5.13 Å². The zero-order chi connectivity index (χ0) is 24.5. The number of carbonyl (C=O) groups excluding carboxylic acids is 2. The van der Waals surface area contributed by atoms with E-state index in [2.05, 4.69) is 20.3 Å². The van der Waals surface area contributed by atoms with Gasteiger partial charge in [-0.2, -0.15) is 0 Å². The molecule has 182 valence electrons. The summed E-state index contributed by atoms with van der Waals surface area (Å²) in [6.07, 6.45) is 4.82. The number of fused-ring (bicyclic) bond motifs is 1. The summed E-state index contributed by atoms with van der Waals surface area (Å²) in [5, 5.41) is 3.67. The summed E-state index contributed by atoms with van der Waals surface area (Å²) in [5.41, 5.74) is 3.20. The summed E-state index contributed by atoms with van der Waals surface area (Å²) >= 11 is 7.51. The lowest BCUT2D eigenvalue weighted by molar-refractivity contribution is -0.140. The van der Waals surface area contributed by atoms with Gasteiger partial charge in [0, 0.05) is 29.6 Å². The van der Waals surface area contributed by atoms with Crippen LogP contribution < -0.4 is 10.1 Å². The molecule has 3 aromatic rings. The van der Waals surface area contributed by atoms with E-state index in [1.807, 2.05) is 17.9 Å². The highest BCUT2D eigenvalue weighted by Crippen LogP contribution is 2.36. The zero-order valence-electron chi connectivity index (χ0n) is 19.3. The molecule has 5 heterocycles. The Morgan fingerprint density at radius 2 is 2.09 bits per heavy atom. The van der Waals surface area contributed by atoms with Crippen LogP contribution in [-0.4, -0.2) is 52.0 Å². The van der Waals surface area contributed by atoms with Crippen LogP contribution in [0.25, 0.3) is 11.1 Å². The molecule has 0 aromatic carbocycles. The van der Waals surface area contributed by atoms with Crippen LogP contribution in [0.2, 0.25) is 5.15 Å². The van der Waals surface area contributed by atoms with Crippen molar-refractivity contribution < 1.29 is 19.1 Å². The second-order valence-corrected chi connectivity index (χ2v) is 10.0. The van der Waals surface area contributed by atoms with Crippen molar-refractivity contribution >= 4 is 39.9 Å². The van der Waals surface area contributed by atoms with E-state index in [1.54, 1.807) is 6.07 Å². The molecule has 0 unspecified atom stereocenters. The van der Waals surface area contributed by atoms with Crippen molar-refractivity contribution in [3.05, 3.63) is 51.5 Å². The monoisotopic (exact) mass is 513 g/mol. The van der Waals surface area contributed by atoms with Gasteiger partial charge >= 0.3 is 0 Å². The second-order valence-electron chi connectivity index (χ2n) is 8.53. The maximum atomic E-state index is 13.3. The van der Waals surface area contributed by atoms with E-state index < -0.39 is 0 Å². The largest absolute Gasteiger partial charge is 0.494 e. The van der Waals surface area contributed by atoms with Gasteiger partial charge in [-0.15, -0.1) is 0 Å². The van der Waals surface area contributed by atoms with Crippen molar-refractivity contribution in [1.82, 2.24) is 19.9 Å². The third-order valence-electron chi connectivity index (χ3n) is 6.12.